The van der Waals surface area contributed by atoms with Crippen molar-refractivity contribution in [1.82, 2.24) is 29.5 Å². The van der Waals surface area contributed by atoms with Gasteiger partial charge in [-0.2, -0.15) is 15.1 Å². The van der Waals surface area contributed by atoms with Crippen molar-refractivity contribution in [2.45, 2.75) is 25.4 Å². The van der Waals surface area contributed by atoms with E-state index in [1.54, 1.807) is 36.7 Å². The zero-order valence-corrected chi connectivity index (χ0v) is 23.4. The molecule has 13 nitrogen and oxygen atoms in total. The van der Waals surface area contributed by atoms with Crippen molar-refractivity contribution in [2.24, 2.45) is 5.92 Å². The summed E-state index contributed by atoms with van der Waals surface area (Å²) in [6.07, 6.45) is 6.33. The maximum absolute atomic E-state index is 13.5. The van der Waals surface area contributed by atoms with Gasteiger partial charge in [-0.25, -0.2) is 9.55 Å². The first-order valence-corrected chi connectivity index (χ1v) is 14.1. The third-order valence-electron chi connectivity index (χ3n) is 6.32. The fourth-order valence-electron chi connectivity index (χ4n) is 4.16. The molecule has 1 aliphatic carbocycles. The maximum Gasteiger partial charge on any atom is 0.459 e. The van der Waals surface area contributed by atoms with E-state index in [2.05, 4.69) is 24.9 Å². The van der Waals surface area contributed by atoms with Crippen LogP contribution in [-0.2, 0) is 13.9 Å². The standard InChI is InChI=1S/C25H35N8O5P/c1-17(24(34)35)30-39(36,38-20-8-6-5-7-9-20)37-15-18-10-11-19(14-18)33-16-27-21-22(28-25(26)29-23(21)33)32(4)13-12-31(2)3/h5-11,16-19H,12-15H2,1-4H3,(H,30,36)(H,34,35)(H2,26,28,29)/t17-,18+,19-,39?/m0/s1. The number of likely N-dealkylation sites (N-methyl/N-ethyl adjacent to an activating group) is 2. The van der Waals surface area contributed by atoms with Crippen molar-refractivity contribution < 1.29 is 23.5 Å². The Morgan fingerprint density at radius 2 is 1.97 bits per heavy atom. The molecule has 0 spiro atoms. The third kappa shape index (κ3) is 7.12. The van der Waals surface area contributed by atoms with Crippen LogP contribution in [0.25, 0.3) is 11.2 Å². The number of nitrogen functional groups attached to an aromatic ring is 1. The van der Waals surface area contributed by atoms with Crippen LogP contribution in [0.15, 0.2) is 48.8 Å². The Morgan fingerprint density at radius 1 is 1.23 bits per heavy atom. The third-order valence-corrected chi connectivity index (χ3v) is 7.96. The molecule has 1 aromatic carbocycles. The Kier molecular flexibility index (Phi) is 8.86. The van der Waals surface area contributed by atoms with E-state index in [1.165, 1.54) is 6.92 Å². The highest BCUT2D eigenvalue weighted by molar-refractivity contribution is 7.52. The van der Waals surface area contributed by atoms with Gasteiger partial charge in [0, 0.05) is 26.1 Å². The van der Waals surface area contributed by atoms with E-state index in [-0.39, 0.29) is 24.5 Å². The number of imidazole rings is 1. The average molecular weight is 559 g/mol. The second kappa shape index (κ2) is 12.1. The van der Waals surface area contributed by atoms with Crippen molar-refractivity contribution in [3.05, 3.63) is 48.8 Å². The number of allylic oxidation sites excluding steroid dienone is 1. The SMILES string of the molecule is C[C@H](NP(=O)(OC[C@@H]1C=C[C@H](n2cnc3c(N(C)CCN(C)C)nc(N)nc32)C1)Oc1ccccc1)C(=O)O. The van der Waals surface area contributed by atoms with Crippen LogP contribution < -0.4 is 20.2 Å². The molecule has 0 fully saturated rings. The van der Waals surface area contributed by atoms with Gasteiger partial charge in [0.05, 0.1) is 19.0 Å². The number of nitrogens with two attached hydrogens (primary N) is 1. The molecule has 0 bridgehead atoms. The molecule has 210 valence electrons. The highest BCUT2D eigenvalue weighted by Crippen LogP contribution is 2.46. The lowest BCUT2D eigenvalue weighted by Crippen LogP contribution is -2.33. The molecule has 2 heterocycles. The van der Waals surface area contributed by atoms with E-state index >= 15 is 0 Å². The van der Waals surface area contributed by atoms with Crippen LogP contribution in [0.3, 0.4) is 0 Å². The van der Waals surface area contributed by atoms with E-state index in [9.17, 15) is 14.5 Å². The first kappa shape index (κ1) is 28.5. The quantitative estimate of drug-likeness (QED) is 0.208. The zero-order chi connectivity index (χ0) is 28.2. The highest BCUT2D eigenvalue weighted by atomic mass is 31.2. The predicted octanol–water partition coefficient (Wildman–Crippen LogP) is 2.79. The van der Waals surface area contributed by atoms with Crippen LogP contribution in [0.1, 0.15) is 19.4 Å². The summed E-state index contributed by atoms with van der Waals surface area (Å²) in [7, 11) is 1.97. The summed E-state index contributed by atoms with van der Waals surface area (Å²) in [5, 5.41) is 11.8. The number of carbonyl (C=O) groups is 1. The van der Waals surface area contributed by atoms with Crippen LogP contribution in [-0.4, -0.2) is 82.4 Å². The molecule has 4 rings (SSSR count). The average Bonchev–Trinajstić information content (AvgIpc) is 3.53. The summed E-state index contributed by atoms with van der Waals surface area (Å²) < 4.78 is 26.8. The lowest BCUT2D eigenvalue weighted by atomic mass is 10.1. The number of hydrogen-bond donors (Lipinski definition) is 3. The minimum atomic E-state index is -3.99. The van der Waals surface area contributed by atoms with Crippen molar-refractivity contribution >= 4 is 36.6 Å². The first-order valence-electron chi connectivity index (χ1n) is 12.6. The number of nitrogens with zero attached hydrogens (tertiary/aromatic N) is 6. The highest BCUT2D eigenvalue weighted by Gasteiger charge is 2.33. The summed E-state index contributed by atoms with van der Waals surface area (Å²) in [6, 6.07) is 7.26. The molecule has 0 saturated carbocycles. The molecule has 2 aromatic heterocycles. The molecular weight excluding hydrogens is 523 g/mol. The maximum atomic E-state index is 13.5. The van der Waals surface area contributed by atoms with E-state index < -0.39 is 19.8 Å². The number of nitrogens with one attached hydrogen (secondary N) is 1. The van der Waals surface area contributed by atoms with E-state index in [4.69, 9.17) is 14.8 Å². The Bertz CT molecular complexity index is 1370. The number of benzene rings is 1. The van der Waals surface area contributed by atoms with Crippen molar-refractivity contribution in [3.63, 3.8) is 0 Å². The normalized spacial score (nSPS) is 19.3. The molecule has 3 aromatic rings. The van der Waals surface area contributed by atoms with Gasteiger partial charge in [-0.1, -0.05) is 30.4 Å². The summed E-state index contributed by atoms with van der Waals surface area (Å²) >= 11 is 0. The van der Waals surface area contributed by atoms with Gasteiger partial charge < -0.3 is 29.7 Å². The molecule has 0 saturated heterocycles. The Hall–Kier alpha value is -3.51. The van der Waals surface area contributed by atoms with Gasteiger partial charge in [-0.3, -0.25) is 9.32 Å². The molecule has 4 N–H and O–H groups in total. The molecule has 14 heteroatoms. The molecule has 4 atom stereocenters. The second-order valence-corrected chi connectivity index (χ2v) is 11.5. The number of aromatic nitrogens is 4. The number of anilines is 2. The van der Waals surface area contributed by atoms with Gasteiger partial charge in [0.15, 0.2) is 17.0 Å². The fraction of sp³-hybridized carbons (Fsp3) is 0.440. The van der Waals surface area contributed by atoms with Gasteiger partial charge in [0.2, 0.25) is 5.95 Å². The smallest absolute Gasteiger partial charge is 0.459 e. The Labute approximate surface area is 227 Å². The number of aliphatic carboxylic acids is 1. The van der Waals surface area contributed by atoms with Gasteiger partial charge in [-0.15, -0.1) is 0 Å². The van der Waals surface area contributed by atoms with Crippen molar-refractivity contribution in [3.8, 4) is 5.75 Å². The van der Waals surface area contributed by atoms with Crippen LogP contribution in [0.2, 0.25) is 0 Å². The van der Waals surface area contributed by atoms with Crippen LogP contribution in [0, 0.1) is 5.92 Å². The van der Waals surface area contributed by atoms with Crippen LogP contribution >= 0.6 is 7.75 Å². The number of rotatable bonds is 13. The zero-order valence-electron chi connectivity index (χ0n) is 22.5. The van der Waals surface area contributed by atoms with E-state index in [1.807, 2.05) is 42.8 Å². The Morgan fingerprint density at radius 3 is 2.67 bits per heavy atom. The van der Waals surface area contributed by atoms with Crippen molar-refractivity contribution in [2.75, 3.05) is 51.5 Å². The number of carboxylic acids is 1. The van der Waals surface area contributed by atoms with Gasteiger partial charge in [0.25, 0.3) is 0 Å². The van der Waals surface area contributed by atoms with E-state index in [0.717, 1.165) is 13.1 Å². The van der Waals surface area contributed by atoms with Gasteiger partial charge in [0.1, 0.15) is 11.8 Å². The minimum absolute atomic E-state index is 0.0543. The molecule has 0 aliphatic heterocycles. The summed E-state index contributed by atoms with van der Waals surface area (Å²) in [5.41, 5.74) is 7.34. The predicted molar refractivity (Wildman–Crippen MR) is 149 cm³/mol. The van der Waals surface area contributed by atoms with Crippen LogP contribution in [0.4, 0.5) is 11.8 Å². The number of hydrogen-bond acceptors (Lipinski definition) is 10. The lowest BCUT2D eigenvalue weighted by Gasteiger charge is -2.23. The lowest BCUT2D eigenvalue weighted by molar-refractivity contribution is -0.138. The second-order valence-electron chi connectivity index (χ2n) is 9.79. The number of carboxylic acid groups (broad SMARTS) is 1. The molecule has 0 amide bonds. The molecule has 39 heavy (non-hydrogen) atoms. The summed E-state index contributed by atoms with van der Waals surface area (Å²) in [6.45, 7) is 3.02. The Balaban J connectivity index is 1.46. The van der Waals surface area contributed by atoms with Crippen molar-refractivity contribution in [1.29, 1.82) is 0 Å². The van der Waals surface area contributed by atoms with Gasteiger partial charge >= 0.3 is 13.7 Å². The van der Waals surface area contributed by atoms with E-state index in [0.29, 0.717) is 29.2 Å². The number of fused-ring (bicyclic) bond motifs is 1. The molecular formula is C25H35N8O5P. The van der Waals surface area contributed by atoms with Crippen LogP contribution in [0.5, 0.6) is 5.75 Å². The summed E-state index contributed by atoms with van der Waals surface area (Å²) in [5.74, 6) is -0.146. The summed E-state index contributed by atoms with van der Waals surface area (Å²) in [4.78, 5) is 29.0. The largest absolute Gasteiger partial charge is 0.480 e. The number of para-hydroxylation sites is 1. The topological polar surface area (TPSA) is 161 Å². The molecule has 1 aliphatic rings. The first-order chi connectivity index (χ1) is 18.5. The monoisotopic (exact) mass is 558 g/mol. The van der Waals surface area contributed by atoms with Gasteiger partial charge in [-0.05, 0) is 39.6 Å². The molecule has 1 unspecified atom stereocenters. The fourth-order valence-corrected chi connectivity index (χ4v) is 5.71. The molecule has 0 radical (unpaired) electrons. The minimum Gasteiger partial charge on any atom is -0.480 e.